The third-order valence-electron chi connectivity index (χ3n) is 4.51. The van der Waals surface area contributed by atoms with Gasteiger partial charge in [-0.15, -0.1) is 11.3 Å². The van der Waals surface area contributed by atoms with Gasteiger partial charge in [-0.2, -0.15) is 4.72 Å². The minimum absolute atomic E-state index is 0.0405. The molecular formula is C20H26N2O5S2. The number of carbonyl (C=O) groups excluding carboxylic acids is 1. The van der Waals surface area contributed by atoms with Crippen molar-refractivity contribution < 1.29 is 22.7 Å². The molecule has 9 heteroatoms. The molecule has 0 aliphatic carbocycles. The fourth-order valence-corrected chi connectivity index (χ4v) is 4.98. The summed E-state index contributed by atoms with van der Waals surface area (Å²) in [6.07, 6.45) is 1.44. The zero-order valence-corrected chi connectivity index (χ0v) is 18.1. The van der Waals surface area contributed by atoms with E-state index in [0.29, 0.717) is 37.7 Å². The van der Waals surface area contributed by atoms with Gasteiger partial charge in [-0.05, 0) is 35.9 Å². The molecule has 0 saturated carbocycles. The van der Waals surface area contributed by atoms with Crippen LogP contribution in [0.2, 0.25) is 0 Å². The molecule has 0 saturated heterocycles. The summed E-state index contributed by atoms with van der Waals surface area (Å²) in [7, 11) is -3.91. The second kappa shape index (κ2) is 9.60. The Labute approximate surface area is 175 Å². The average Bonchev–Trinajstić information content (AvgIpc) is 3.08. The van der Waals surface area contributed by atoms with Crippen molar-refractivity contribution in [3.63, 3.8) is 0 Å². The van der Waals surface area contributed by atoms with Crippen molar-refractivity contribution in [2.75, 3.05) is 19.8 Å². The van der Waals surface area contributed by atoms with Crippen LogP contribution in [0.4, 0.5) is 0 Å². The summed E-state index contributed by atoms with van der Waals surface area (Å²) in [5, 5.41) is 4.81. The van der Waals surface area contributed by atoms with Crippen molar-refractivity contribution in [2.45, 2.75) is 37.6 Å². The Morgan fingerprint density at radius 2 is 1.93 bits per heavy atom. The van der Waals surface area contributed by atoms with Gasteiger partial charge >= 0.3 is 0 Å². The highest BCUT2D eigenvalue weighted by Gasteiger charge is 2.29. The van der Waals surface area contributed by atoms with Gasteiger partial charge in [-0.3, -0.25) is 4.79 Å². The van der Waals surface area contributed by atoms with Crippen LogP contribution in [0.1, 0.15) is 25.1 Å². The molecule has 0 spiro atoms. The minimum atomic E-state index is -3.91. The number of hydrogen-bond donors (Lipinski definition) is 2. The highest BCUT2D eigenvalue weighted by atomic mass is 32.2. The predicted octanol–water partition coefficient (Wildman–Crippen LogP) is 2.57. The lowest BCUT2D eigenvalue weighted by Gasteiger charge is -2.22. The SMILES string of the molecule is CC(C)[C@H](NS(=O)(=O)c1ccc2c(c1)OCCCO2)C(=O)NCCc1cccs1. The molecule has 3 rings (SSSR count). The number of fused-ring (bicyclic) bond motifs is 1. The molecule has 158 valence electrons. The lowest BCUT2D eigenvalue weighted by molar-refractivity contribution is -0.123. The summed E-state index contributed by atoms with van der Waals surface area (Å²) < 4.78 is 39.5. The van der Waals surface area contributed by atoms with Crippen LogP contribution in [0.3, 0.4) is 0 Å². The third kappa shape index (κ3) is 5.71. The first kappa shape index (κ1) is 21.6. The largest absolute Gasteiger partial charge is 0.490 e. The molecule has 2 heterocycles. The second-order valence-electron chi connectivity index (χ2n) is 7.12. The van der Waals surface area contributed by atoms with Gasteiger partial charge in [0.05, 0.1) is 18.1 Å². The number of benzene rings is 1. The number of rotatable bonds is 8. The van der Waals surface area contributed by atoms with E-state index in [4.69, 9.17) is 9.47 Å². The summed E-state index contributed by atoms with van der Waals surface area (Å²) in [6.45, 7) is 5.05. The van der Waals surface area contributed by atoms with Crippen LogP contribution in [0.5, 0.6) is 11.5 Å². The molecule has 0 bridgehead atoms. The van der Waals surface area contributed by atoms with Crippen LogP contribution >= 0.6 is 11.3 Å². The summed E-state index contributed by atoms with van der Waals surface area (Å²) in [6, 6.07) is 7.57. The van der Waals surface area contributed by atoms with E-state index in [1.807, 2.05) is 17.5 Å². The second-order valence-corrected chi connectivity index (χ2v) is 9.87. The summed E-state index contributed by atoms with van der Waals surface area (Å²) >= 11 is 1.62. The van der Waals surface area contributed by atoms with Gasteiger partial charge in [0, 0.05) is 23.9 Å². The fraction of sp³-hybridized carbons (Fsp3) is 0.450. The number of hydrogen-bond acceptors (Lipinski definition) is 6. The van der Waals surface area contributed by atoms with Crippen LogP contribution < -0.4 is 19.5 Å². The first-order chi connectivity index (χ1) is 13.9. The highest BCUT2D eigenvalue weighted by Crippen LogP contribution is 2.32. The Morgan fingerprint density at radius 1 is 1.17 bits per heavy atom. The molecule has 2 aromatic rings. The number of sulfonamides is 1. The van der Waals surface area contributed by atoms with Gasteiger partial charge in [-0.25, -0.2) is 8.42 Å². The van der Waals surface area contributed by atoms with E-state index in [1.165, 1.54) is 17.0 Å². The minimum Gasteiger partial charge on any atom is -0.490 e. The van der Waals surface area contributed by atoms with E-state index in [-0.39, 0.29) is 16.7 Å². The average molecular weight is 439 g/mol. The number of carbonyl (C=O) groups is 1. The van der Waals surface area contributed by atoms with E-state index in [2.05, 4.69) is 10.0 Å². The monoisotopic (exact) mass is 438 g/mol. The number of nitrogens with one attached hydrogen (secondary N) is 2. The van der Waals surface area contributed by atoms with Gasteiger partial charge in [0.2, 0.25) is 15.9 Å². The maximum atomic E-state index is 12.9. The number of ether oxygens (including phenoxy) is 2. The van der Waals surface area contributed by atoms with Crippen LogP contribution in [0.25, 0.3) is 0 Å². The van der Waals surface area contributed by atoms with Gasteiger partial charge < -0.3 is 14.8 Å². The first-order valence-electron chi connectivity index (χ1n) is 9.59. The van der Waals surface area contributed by atoms with E-state index in [0.717, 1.165) is 6.42 Å². The lowest BCUT2D eigenvalue weighted by atomic mass is 10.1. The van der Waals surface area contributed by atoms with Crippen molar-refractivity contribution in [2.24, 2.45) is 5.92 Å². The third-order valence-corrected chi connectivity index (χ3v) is 6.89. The van der Waals surface area contributed by atoms with E-state index in [9.17, 15) is 13.2 Å². The normalized spacial score (nSPS) is 15.0. The maximum absolute atomic E-state index is 12.9. The summed E-state index contributed by atoms with van der Waals surface area (Å²) in [5.74, 6) is 0.362. The topological polar surface area (TPSA) is 93.7 Å². The molecule has 7 nitrogen and oxygen atoms in total. The quantitative estimate of drug-likeness (QED) is 0.661. The molecule has 2 N–H and O–H groups in total. The van der Waals surface area contributed by atoms with Crippen LogP contribution in [-0.2, 0) is 21.2 Å². The van der Waals surface area contributed by atoms with E-state index in [1.54, 1.807) is 31.3 Å². The van der Waals surface area contributed by atoms with Crippen molar-refractivity contribution in [1.82, 2.24) is 10.0 Å². The Kier molecular flexibility index (Phi) is 7.15. The van der Waals surface area contributed by atoms with Crippen molar-refractivity contribution in [1.29, 1.82) is 0 Å². The number of amides is 1. The van der Waals surface area contributed by atoms with Crippen molar-refractivity contribution >= 4 is 27.3 Å². The maximum Gasteiger partial charge on any atom is 0.241 e. The van der Waals surface area contributed by atoms with Gasteiger partial charge in [0.25, 0.3) is 0 Å². The molecule has 1 aromatic carbocycles. The zero-order chi connectivity index (χ0) is 20.9. The zero-order valence-electron chi connectivity index (χ0n) is 16.5. The van der Waals surface area contributed by atoms with Crippen LogP contribution in [0, 0.1) is 5.92 Å². The molecule has 1 aromatic heterocycles. The van der Waals surface area contributed by atoms with Crippen LogP contribution in [0.15, 0.2) is 40.6 Å². The smallest absolute Gasteiger partial charge is 0.241 e. The van der Waals surface area contributed by atoms with Crippen LogP contribution in [-0.4, -0.2) is 40.1 Å². The molecule has 0 fully saturated rings. The Bertz CT molecular complexity index is 926. The summed E-state index contributed by atoms with van der Waals surface area (Å²) in [5.41, 5.74) is 0. The molecule has 1 aliphatic heterocycles. The molecular weight excluding hydrogens is 412 g/mol. The van der Waals surface area contributed by atoms with Gasteiger partial charge in [0.15, 0.2) is 11.5 Å². The Morgan fingerprint density at radius 3 is 2.62 bits per heavy atom. The summed E-state index contributed by atoms with van der Waals surface area (Å²) in [4.78, 5) is 13.8. The predicted molar refractivity (Wildman–Crippen MR) is 112 cm³/mol. The highest BCUT2D eigenvalue weighted by molar-refractivity contribution is 7.89. The fourth-order valence-electron chi connectivity index (χ4n) is 2.91. The number of thiophene rings is 1. The molecule has 0 radical (unpaired) electrons. The molecule has 1 atom stereocenters. The molecule has 0 unspecified atom stereocenters. The Balaban J connectivity index is 1.68. The van der Waals surface area contributed by atoms with Gasteiger partial charge in [-0.1, -0.05) is 19.9 Å². The lowest BCUT2D eigenvalue weighted by Crippen LogP contribution is -2.49. The molecule has 1 amide bonds. The Hall–Kier alpha value is -2.10. The molecule has 1 aliphatic rings. The van der Waals surface area contributed by atoms with E-state index >= 15 is 0 Å². The first-order valence-corrected chi connectivity index (χ1v) is 11.9. The standard InChI is InChI=1S/C20H26N2O5S2/c1-14(2)19(20(23)21-9-8-15-5-3-12-28-15)22-29(24,25)16-6-7-17-18(13-16)27-11-4-10-26-17/h3,5-7,12-14,19,22H,4,8-11H2,1-2H3,(H,21,23)/t19-/m0/s1. The van der Waals surface area contributed by atoms with Crippen molar-refractivity contribution in [3.8, 4) is 11.5 Å². The van der Waals surface area contributed by atoms with Crippen molar-refractivity contribution in [3.05, 3.63) is 40.6 Å². The van der Waals surface area contributed by atoms with Gasteiger partial charge in [0.1, 0.15) is 6.04 Å². The van der Waals surface area contributed by atoms with E-state index < -0.39 is 16.1 Å². The molecule has 29 heavy (non-hydrogen) atoms.